The Labute approximate surface area is 174 Å². The van der Waals surface area contributed by atoms with E-state index in [1.165, 1.54) is 11.8 Å². The van der Waals surface area contributed by atoms with E-state index in [2.05, 4.69) is 28.6 Å². The van der Waals surface area contributed by atoms with Crippen molar-refractivity contribution in [2.24, 2.45) is 0 Å². The Morgan fingerprint density at radius 3 is 2.55 bits per heavy atom. The maximum atomic E-state index is 12.7. The number of carbonyl (C=O) groups excluding carboxylic acids is 1. The van der Waals surface area contributed by atoms with Gasteiger partial charge in [0.15, 0.2) is 5.78 Å². The van der Waals surface area contributed by atoms with Crippen molar-refractivity contribution in [2.75, 3.05) is 20.0 Å². The molecule has 0 radical (unpaired) electrons. The molecule has 0 aliphatic carbocycles. The summed E-state index contributed by atoms with van der Waals surface area (Å²) < 4.78 is 18.5. The maximum absolute atomic E-state index is 12.7. The van der Waals surface area contributed by atoms with Crippen LogP contribution in [0.1, 0.15) is 41.6 Å². The summed E-state index contributed by atoms with van der Waals surface area (Å²) in [5, 5.41) is 8.48. The summed E-state index contributed by atoms with van der Waals surface area (Å²) in [6, 6.07) is 7.59. The van der Waals surface area contributed by atoms with Crippen LogP contribution in [0.5, 0.6) is 11.5 Å². The lowest BCUT2D eigenvalue weighted by molar-refractivity contribution is 0.102. The van der Waals surface area contributed by atoms with E-state index in [9.17, 15) is 4.79 Å². The summed E-state index contributed by atoms with van der Waals surface area (Å²) in [6.07, 6.45) is 0. The van der Waals surface area contributed by atoms with Crippen molar-refractivity contribution in [3.8, 4) is 23.0 Å². The van der Waals surface area contributed by atoms with Gasteiger partial charge in [0.05, 0.1) is 25.5 Å². The highest BCUT2D eigenvalue weighted by atomic mass is 32.2. The van der Waals surface area contributed by atoms with Gasteiger partial charge in [-0.2, -0.15) is 0 Å². The molecule has 0 bridgehead atoms. The number of aromatic nitrogens is 3. The number of Topliss-reactive ketones (excluding diaryl/α,β-unsaturated/α-hetero) is 1. The van der Waals surface area contributed by atoms with Crippen LogP contribution in [0.4, 0.5) is 0 Å². The number of nitrogens with zero attached hydrogens (tertiary/aromatic N) is 3. The number of rotatable bonds is 8. The molecule has 2 aromatic heterocycles. The van der Waals surface area contributed by atoms with Gasteiger partial charge in [-0.05, 0) is 45.9 Å². The summed E-state index contributed by atoms with van der Waals surface area (Å²) in [7, 11) is 3.15. The quantitative estimate of drug-likeness (QED) is 0.389. The number of aryl methyl sites for hydroxylation is 1. The molecule has 0 N–H and O–H groups in total. The van der Waals surface area contributed by atoms with Crippen LogP contribution in [0.3, 0.4) is 0 Å². The van der Waals surface area contributed by atoms with Crippen molar-refractivity contribution < 1.29 is 18.7 Å². The molecule has 0 saturated heterocycles. The van der Waals surface area contributed by atoms with Gasteiger partial charge >= 0.3 is 0 Å². The first-order valence-electron chi connectivity index (χ1n) is 9.26. The molecule has 0 fully saturated rings. The van der Waals surface area contributed by atoms with Gasteiger partial charge in [-0.15, -0.1) is 10.2 Å². The fourth-order valence-electron chi connectivity index (χ4n) is 3.41. The molecule has 2 heterocycles. The second-order valence-electron chi connectivity index (χ2n) is 6.90. The third-order valence-electron chi connectivity index (χ3n) is 4.67. The third-order valence-corrected chi connectivity index (χ3v) is 5.49. The zero-order valence-corrected chi connectivity index (χ0v) is 18.3. The van der Waals surface area contributed by atoms with Crippen molar-refractivity contribution in [1.82, 2.24) is 14.8 Å². The number of hydrogen-bond acceptors (Lipinski definition) is 7. The Balaban J connectivity index is 1.73. The molecule has 29 heavy (non-hydrogen) atoms. The average molecular weight is 416 g/mol. The summed E-state index contributed by atoms with van der Waals surface area (Å²) in [5.74, 6) is 1.84. The Hall–Kier alpha value is -2.74. The normalized spacial score (nSPS) is 11.1. The molecule has 0 atom stereocenters. The average Bonchev–Trinajstić information content (AvgIpc) is 3.29. The third kappa shape index (κ3) is 4.32. The first-order chi connectivity index (χ1) is 13.8. The summed E-state index contributed by atoms with van der Waals surface area (Å²) in [6.45, 7) is 8.21. The van der Waals surface area contributed by atoms with E-state index in [1.807, 2.05) is 19.9 Å². The van der Waals surface area contributed by atoms with Crippen molar-refractivity contribution in [1.29, 1.82) is 0 Å². The lowest BCUT2D eigenvalue weighted by atomic mass is 10.2. The minimum Gasteiger partial charge on any atom is -0.497 e. The van der Waals surface area contributed by atoms with Gasteiger partial charge < -0.3 is 18.5 Å². The fourth-order valence-corrected chi connectivity index (χ4v) is 4.06. The summed E-state index contributed by atoms with van der Waals surface area (Å²) >= 11 is 1.23. The highest BCUT2D eigenvalue weighted by Crippen LogP contribution is 2.34. The van der Waals surface area contributed by atoms with Gasteiger partial charge in [-0.1, -0.05) is 11.8 Å². The van der Waals surface area contributed by atoms with Crippen LogP contribution >= 0.6 is 11.8 Å². The van der Waals surface area contributed by atoms with Gasteiger partial charge in [0, 0.05) is 29.1 Å². The van der Waals surface area contributed by atoms with Crippen LogP contribution in [-0.4, -0.2) is 40.5 Å². The van der Waals surface area contributed by atoms with Gasteiger partial charge in [-0.3, -0.25) is 4.79 Å². The molecule has 0 spiro atoms. The van der Waals surface area contributed by atoms with Gasteiger partial charge in [0.25, 0.3) is 11.1 Å². The Bertz CT molecular complexity index is 1020. The Morgan fingerprint density at radius 1 is 1.17 bits per heavy atom. The number of thioether (sulfide) groups is 1. The van der Waals surface area contributed by atoms with E-state index in [0.717, 1.165) is 17.0 Å². The molecule has 0 aliphatic heterocycles. The van der Waals surface area contributed by atoms with Gasteiger partial charge in [0.2, 0.25) is 0 Å². The zero-order chi connectivity index (χ0) is 21.1. The molecule has 8 heteroatoms. The number of ether oxygens (including phenoxy) is 2. The summed E-state index contributed by atoms with van der Waals surface area (Å²) in [4.78, 5) is 12.7. The molecule has 0 amide bonds. The number of carbonyl (C=O) groups is 1. The molecule has 154 valence electrons. The van der Waals surface area contributed by atoms with E-state index in [1.54, 1.807) is 32.4 Å². The number of methoxy groups -OCH3 is 2. The molecule has 0 unspecified atom stereocenters. The molecular weight excluding hydrogens is 390 g/mol. The minimum atomic E-state index is 0.0387. The molecule has 3 aromatic rings. The van der Waals surface area contributed by atoms with Crippen molar-refractivity contribution in [3.63, 3.8) is 0 Å². The van der Waals surface area contributed by atoms with E-state index in [-0.39, 0.29) is 11.5 Å². The van der Waals surface area contributed by atoms with Gasteiger partial charge in [0.1, 0.15) is 11.5 Å². The van der Waals surface area contributed by atoms with Crippen LogP contribution in [0.2, 0.25) is 0 Å². The fraction of sp³-hybridized carbons (Fsp3) is 0.381. The molecule has 3 rings (SSSR count). The monoisotopic (exact) mass is 415 g/mol. The van der Waals surface area contributed by atoms with E-state index in [4.69, 9.17) is 13.9 Å². The second kappa shape index (κ2) is 8.73. The van der Waals surface area contributed by atoms with Gasteiger partial charge in [-0.25, -0.2) is 0 Å². The molecule has 1 aromatic carbocycles. The zero-order valence-electron chi connectivity index (χ0n) is 17.5. The lowest BCUT2D eigenvalue weighted by Gasteiger charge is -2.13. The first kappa shape index (κ1) is 21.0. The lowest BCUT2D eigenvalue weighted by Crippen LogP contribution is -2.08. The van der Waals surface area contributed by atoms with Crippen molar-refractivity contribution in [2.45, 2.75) is 39.0 Å². The second-order valence-corrected chi connectivity index (χ2v) is 7.83. The van der Waals surface area contributed by atoms with Crippen molar-refractivity contribution in [3.05, 3.63) is 41.2 Å². The van der Waals surface area contributed by atoms with Crippen LogP contribution in [0, 0.1) is 13.8 Å². The smallest absolute Gasteiger partial charge is 0.277 e. The maximum Gasteiger partial charge on any atom is 0.277 e. The molecule has 0 saturated carbocycles. The highest BCUT2D eigenvalue weighted by molar-refractivity contribution is 7.99. The van der Waals surface area contributed by atoms with Crippen LogP contribution in [0.25, 0.3) is 11.5 Å². The van der Waals surface area contributed by atoms with E-state index >= 15 is 0 Å². The highest BCUT2D eigenvalue weighted by Gasteiger charge is 2.19. The van der Waals surface area contributed by atoms with E-state index < -0.39 is 0 Å². The largest absolute Gasteiger partial charge is 0.497 e. The van der Waals surface area contributed by atoms with Crippen LogP contribution in [0.15, 0.2) is 33.9 Å². The standard InChI is InChI=1S/C21H25N3O4S/c1-12(2)24-13(3)9-17(14(24)4)18(25)11-29-21-23-22-20(28-21)16-8-7-15(26-5)10-19(16)27-6/h7-10,12H,11H2,1-6H3. The number of hydrogen-bond donors (Lipinski definition) is 0. The van der Waals surface area contributed by atoms with E-state index in [0.29, 0.717) is 34.2 Å². The Morgan fingerprint density at radius 2 is 1.93 bits per heavy atom. The Kier molecular flexibility index (Phi) is 6.32. The SMILES string of the molecule is COc1ccc(-c2nnc(SCC(=O)c3cc(C)n(C(C)C)c3C)o2)c(OC)c1. The number of ketones is 1. The predicted molar refractivity (Wildman–Crippen MR) is 112 cm³/mol. The summed E-state index contributed by atoms with van der Waals surface area (Å²) in [5.41, 5.74) is 3.47. The predicted octanol–water partition coefficient (Wildman–Crippen LogP) is 4.73. The minimum absolute atomic E-state index is 0.0387. The van der Waals surface area contributed by atoms with Crippen molar-refractivity contribution >= 4 is 17.5 Å². The number of benzene rings is 1. The molecule has 7 nitrogen and oxygen atoms in total. The molecule has 0 aliphatic rings. The topological polar surface area (TPSA) is 79.4 Å². The van der Waals surface area contributed by atoms with Crippen LogP contribution in [-0.2, 0) is 0 Å². The molecular formula is C21H25N3O4S. The first-order valence-corrected chi connectivity index (χ1v) is 10.2. The van der Waals surface area contributed by atoms with Crippen LogP contribution < -0.4 is 9.47 Å².